The summed E-state index contributed by atoms with van der Waals surface area (Å²) in [7, 11) is 0. The van der Waals surface area contributed by atoms with Gasteiger partial charge >= 0.3 is 6.09 Å². The van der Waals surface area contributed by atoms with E-state index in [1.54, 1.807) is 33.8 Å². The number of hydrogen-bond acceptors (Lipinski definition) is 4. The van der Waals surface area contributed by atoms with Gasteiger partial charge in [0.25, 0.3) is 5.69 Å². The van der Waals surface area contributed by atoms with Gasteiger partial charge in [-0.05, 0) is 39.3 Å². The van der Waals surface area contributed by atoms with Gasteiger partial charge in [-0.2, -0.15) is 0 Å². The van der Waals surface area contributed by atoms with E-state index in [-0.39, 0.29) is 11.4 Å². The fraction of sp³-hybridized carbons (Fsp3) is 0.417. The second kappa shape index (κ2) is 5.56. The van der Waals surface area contributed by atoms with Gasteiger partial charge in [-0.25, -0.2) is 4.79 Å². The number of nitro benzene ring substituents is 1. The topological polar surface area (TPSA) is 81.5 Å². The number of hydrogen-bond donors (Lipinski definition) is 1. The Morgan fingerprint density at radius 2 is 2.00 bits per heavy atom. The van der Waals surface area contributed by atoms with Crippen LogP contribution >= 0.6 is 15.9 Å². The first-order chi connectivity index (χ1) is 8.60. The van der Waals surface area contributed by atoms with Crippen LogP contribution in [0.2, 0.25) is 0 Å². The van der Waals surface area contributed by atoms with Gasteiger partial charge in [-0.1, -0.05) is 15.9 Å². The van der Waals surface area contributed by atoms with Crippen LogP contribution in [0.25, 0.3) is 0 Å². The third kappa shape index (κ3) is 4.51. The van der Waals surface area contributed by atoms with Crippen molar-refractivity contribution in [1.29, 1.82) is 0 Å². The molecule has 0 aliphatic heterocycles. The van der Waals surface area contributed by atoms with Gasteiger partial charge in [-0.3, -0.25) is 15.4 Å². The molecule has 19 heavy (non-hydrogen) atoms. The normalized spacial score (nSPS) is 11.0. The molecule has 0 heterocycles. The highest BCUT2D eigenvalue weighted by Gasteiger charge is 2.22. The van der Waals surface area contributed by atoms with Crippen molar-refractivity contribution < 1.29 is 14.5 Å². The molecule has 0 unspecified atom stereocenters. The first-order valence-corrected chi connectivity index (χ1v) is 6.34. The van der Waals surface area contributed by atoms with Crippen LogP contribution in [-0.2, 0) is 4.74 Å². The number of halogens is 1. The zero-order valence-corrected chi connectivity index (χ0v) is 12.7. The summed E-state index contributed by atoms with van der Waals surface area (Å²) in [6.45, 7) is 6.82. The number of carbonyl (C=O) groups is 1. The van der Waals surface area contributed by atoms with E-state index in [1.165, 1.54) is 6.07 Å². The molecule has 1 rings (SSSR count). The Bertz CT molecular complexity index is 523. The average molecular weight is 331 g/mol. The SMILES string of the molecule is Cc1cc(Br)cc([N+](=O)[O-])c1NC(=O)OC(C)(C)C. The molecule has 0 aliphatic carbocycles. The van der Waals surface area contributed by atoms with Gasteiger partial charge in [0.1, 0.15) is 11.3 Å². The molecule has 1 aromatic rings. The van der Waals surface area contributed by atoms with Gasteiger partial charge in [-0.15, -0.1) is 0 Å². The van der Waals surface area contributed by atoms with Crippen molar-refractivity contribution in [2.45, 2.75) is 33.3 Å². The summed E-state index contributed by atoms with van der Waals surface area (Å²) >= 11 is 3.18. The smallest absolute Gasteiger partial charge is 0.412 e. The molecular weight excluding hydrogens is 316 g/mol. The molecule has 104 valence electrons. The van der Waals surface area contributed by atoms with Gasteiger partial charge in [0.15, 0.2) is 0 Å². The molecule has 0 atom stereocenters. The van der Waals surface area contributed by atoms with E-state index in [1.807, 2.05) is 0 Å². The van der Waals surface area contributed by atoms with Crippen molar-refractivity contribution in [2.75, 3.05) is 5.32 Å². The van der Waals surface area contributed by atoms with Gasteiger partial charge in [0, 0.05) is 10.5 Å². The standard InChI is InChI=1S/C12H15BrN2O4/c1-7-5-8(13)6-9(15(17)18)10(7)14-11(16)19-12(2,3)4/h5-6H,1-4H3,(H,14,16). The van der Waals surface area contributed by atoms with Crippen LogP contribution in [0.4, 0.5) is 16.2 Å². The number of carbonyl (C=O) groups excluding carboxylic acids is 1. The lowest BCUT2D eigenvalue weighted by Gasteiger charge is -2.20. The summed E-state index contributed by atoms with van der Waals surface area (Å²) in [5, 5.41) is 13.4. The summed E-state index contributed by atoms with van der Waals surface area (Å²) in [4.78, 5) is 22.1. The molecule has 0 spiro atoms. The summed E-state index contributed by atoms with van der Waals surface area (Å²) < 4.78 is 5.65. The molecule has 0 radical (unpaired) electrons. The highest BCUT2D eigenvalue weighted by atomic mass is 79.9. The number of anilines is 1. The number of nitrogens with zero attached hydrogens (tertiary/aromatic N) is 1. The molecule has 1 aromatic carbocycles. The highest BCUT2D eigenvalue weighted by molar-refractivity contribution is 9.10. The maximum absolute atomic E-state index is 11.7. The predicted molar refractivity (Wildman–Crippen MR) is 75.4 cm³/mol. The van der Waals surface area contributed by atoms with Crippen molar-refractivity contribution in [3.8, 4) is 0 Å². The van der Waals surface area contributed by atoms with Gasteiger partial charge in [0.2, 0.25) is 0 Å². The molecule has 1 amide bonds. The maximum atomic E-state index is 11.7. The molecule has 6 nitrogen and oxygen atoms in total. The summed E-state index contributed by atoms with van der Waals surface area (Å²) in [6, 6.07) is 3.01. The fourth-order valence-corrected chi connectivity index (χ4v) is 2.00. The van der Waals surface area contributed by atoms with Crippen LogP contribution in [0, 0.1) is 17.0 Å². The Morgan fingerprint density at radius 1 is 1.42 bits per heavy atom. The predicted octanol–water partition coefficient (Wildman–Crippen LogP) is 4.01. The Morgan fingerprint density at radius 3 is 2.47 bits per heavy atom. The summed E-state index contributed by atoms with van der Waals surface area (Å²) in [6.07, 6.45) is -0.721. The van der Waals surface area contributed by atoms with Crippen LogP contribution < -0.4 is 5.32 Å². The fourth-order valence-electron chi connectivity index (χ4n) is 1.44. The second-order valence-corrected chi connectivity index (χ2v) is 5.92. The van der Waals surface area contributed by atoms with E-state index >= 15 is 0 Å². The average Bonchev–Trinajstić information content (AvgIpc) is 2.18. The van der Waals surface area contributed by atoms with Gasteiger partial charge in [0.05, 0.1) is 4.92 Å². The van der Waals surface area contributed by atoms with Crippen molar-refractivity contribution in [3.05, 3.63) is 32.3 Å². The molecule has 0 saturated carbocycles. The van der Waals surface area contributed by atoms with E-state index in [9.17, 15) is 14.9 Å². The number of ether oxygens (including phenoxy) is 1. The molecular formula is C12H15BrN2O4. The molecule has 0 aliphatic rings. The number of amides is 1. The van der Waals surface area contributed by atoms with Crippen molar-refractivity contribution in [1.82, 2.24) is 0 Å². The maximum Gasteiger partial charge on any atom is 0.412 e. The molecule has 0 saturated heterocycles. The van der Waals surface area contributed by atoms with Crippen LogP contribution in [0.5, 0.6) is 0 Å². The van der Waals surface area contributed by atoms with Crippen LogP contribution in [0.1, 0.15) is 26.3 Å². The Hall–Kier alpha value is -1.63. The molecule has 0 fully saturated rings. The van der Waals surface area contributed by atoms with E-state index in [0.29, 0.717) is 10.0 Å². The first-order valence-electron chi connectivity index (χ1n) is 5.54. The lowest BCUT2D eigenvalue weighted by molar-refractivity contribution is -0.384. The minimum atomic E-state index is -0.721. The molecule has 7 heteroatoms. The quantitative estimate of drug-likeness (QED) is 0.656. The van der Waals surface area contributed by atoms with E-state index in [2.05, 4.69) is 21.2 Å². The van der Waals surface area contributed by atoms with E-state index < -0.39 is 16.6 Å². The molecule has 0 aromatic heterocycles. The van der Waals surface area contributed by atoms with Crippen molar-refractivity contribution in [2.24, 2.45) is 0 Å². The number of nitrogens with one attached hydrogen (secondary N) is 1. The minimum Gasteiger partial charge on any atom is -0.444 e. The van der Waals surface area contributed by atoms with Crippen molar-refractivity contribution in [3.63, 3.8) is 0 Å². The lowest BCUT2D eigenvalue weighted by atomic mass is 10.1. The Labute approximate surface area is 119 Å². The van der Waals surface area contributed by atoms with Crippen molar-refractivity contribution >= 4 is 33.4 Å². The van der Waals surface area contributed by atoms with Crippen LogP contribution in [-0.4, -0.2) is 16.6 Å². The molecule has 0 bridgehead atoms. The Balaban J connectivity index is 3.07. The largest absolute Gasteiger partial charge is 0.444 e. The monoisotopic (exact) mass is 330 g/mol. The lowest BCUT2D eigenvalue weighted by Crippen LogP contribution is -2.27. The highest BCUT2D eigenvalue weighted by Crippen LogP contribution is 2.32. The Kier molecular flexibility index (Phi) is 4.52. The number of nitro groups is 1. The van der Waals surface area contributed by atoms with Gasteiger partial charge < -0.3 is 4.74 Å². The first kappa shape index (κ1) is 15.4. The summed E-state index contributed by atoms with van der Waals surface area (Å²) in [5.41, 5.74) is -0.130. The zero-order chi connectivity index (χ0) is 14.8. The number of rotatable bonds is 2. The summed E-state index contributed by atoms with van der Waals surface area (Å²) in [5.74, 6) is 0. The van der Waals surface area contributed by atoms with Crippen LogP contribution in [0.15, 0.2) is 16.6 Å². The minimum absolute atomic E-state index is 0.141. The van der Waals surface area contributed by atoms with E-state index in [4.69, 9.17) is 4.74 Å². The number of benzene rings is 1. The van der Waals surface area contributed by atoms with E-state index in [0.717, 1.165) is 0 Å². The third-order valence-corrected chi connectivity index (χ3v) is 2.56. The third-order valence-electron chi connectivity index (χ3n) is 2.10. The second-order valence-electron chi connectivity index (χ2n) is 5.00. The molecule has 1 N–H and O–H groups in total. The number of aryl methyl sites for hydroxylation is 1. The zero-order valence-electron chi connectivity index (χ0n) is 11.1. The van der Waals surface area contributed by atoms with Crippen LogP contribution in [0.3, 0.4) is 0 Å².